The van der Waals surface area contributed by atoms with Crippen LogP contribution in [0.3, 0.4) is 0 Å². The first-order valence-electron chi connectivity index (χ1n) is 5.04. The highest BCUT2D eigenvalue weighted by Gasteiger charge is 2.55. The molecule has 2 heterocycles. The van der Waals surface area contributed by atoms with Crippen molar-refractivity contribution in [2.75, 3.05) is 0 Å². The lowest BCUT2D eigenvalue weighted by molar-refractivity contribution is -0.172. The predicted octanol–water partition coefficient (Wildman–Crippen LogP) is 0.310. The minimum atomic E-state index is -1.12. The van der Waals surface area contributed by atoms with Crippen LogP contribution in [-0.2, 0) is 23.8 Å². The van der Waals surface area contributed by atoms with Crippen LogP contribution >= 0.6 is 0 Å². The third kappa shape index (κ3) is 1.97. The topological polar surface area (TPSA) is 111 Å². The zero-order chi connectivity index (χ0) is 12.6. The van der Waals surface area contributed by atoms with Gasteiger partial charge in [0.25, 0.3) is 0 Å². The summed E-state index contributed by atoms with van der Waals surface area (Å²) in [5.74, 6) is -1.73. The first-order valence-corrected chi connectivity index (χ1v) is 5.04. The number of ether oxygens (including phenoxy) is 3. The second-order valence-electron chi connectivity index (χ2n) is 4.25. The Balaban J connectivity index is 2.33. The third-order valence-corrected chi connectivity index (χ3v) is 2.60. The molecule has 2 rings (SSSR count). The van der Waals surface area contributed by atoms with Crippen LogP contribution in [0.1, 0.15) is 13.8 Å². The highest BCUT2D eigenvalue weighted by molar-refractivity contribution is 5.81. The number of rotatable bonds is 2. The van der Waals surface area contributed by atoms with Crippen molar-refractivity contribution in [2.24, 2.45) is 5.11 Å². The summed E-state index contributed by atoms with van der Waals surface area (Å²) in [6.45, 7) is 3.29. The van der Waals surface area contributed by atoms with E-state index < -0.39 is 36.1 Å². The predicted molar refractivity (Wildman–Crippen MR) is 52.7 cm³/mol. The van der Waals surface area contributed by atoms with Crippen LogP contribution in [0.2, 0.25) is 0 Å². The Bertz CT molecular complexity index is 403. The van der Waals surface area contributed by atoms with Crippen molar-refractivity contribution in [3.05, 3.63) is 10.4 Å². The maximum atomic E-state index is 11.5. The number of azide groups is 1. The lowest BCUT2D eigenvalue weighted by atomic mass is 9.99. The van der Waals surface area contributed by atoms with Gasteiger partial charge < -0.3 is 14.2 Å². The van der Waals surface area contributed by atoms with Crippen LogP contribution in [-0.4, -0.2) is 42.4 Å². The molecule has 0 amide bonds. The molecule has 0 aromatic rings. The van der Waals surface area contributed by atoms with Crippen molar-refractivity contribution in [1.29, 1.82) is 0 Å². The van der Waals surface area contributed by atoms with E-state index in [-0.39, 0.29) is 0 Å². The van der Waals surface area contributed by atoms with Crippen molar-refractivity contribution in [3.63, 3.8) is 0 Å². The van der Waals surface area contributed by atoms with Crippen molar-refractivity contribution in [1.82, 2.24) is 0 Å². The number of carbonyl (C=O) groups is 2. The van der Waals surface area contributed by atoms with Crippen LogP contribution < -0.4 is 0 Å². The zero-order valence-electron chi connectivity index (χ0n) is 9.27. The van der Waals surface area contributed by atoms with E-state index in [1.807, 2.05) is 0 Å². The number of hydrogen-bond donors (Lipinski definition) is 0. The van der Waals surface area contributed by atoms with Gasteiger partial charge in [-0.05, 0) is 19.4 Å². The molecule has 8 heteroatoms. The van der Waals surface area contributed by atoms with Gasteiger partial charge in [-0.1, -0.05) is 5.11 Å². The molecule has 17 heavy (non-hydrogen) atoms. The van der Waals surface area contributed by atoms with Gasteiger partial charge in [0, 0.05) is 4.91 Å². The molecule has 2 saturated heterocycles. The summed E-state index contributed by atoms with van der Waals surface area (Å²) < 4.78 is 15.8. The molecule has 0 N–H and O–H groups in total. The second kappa shape index (κ2) is 3.99. The normalized spacial score (nSPS) is 38.8. The highest BCUT2D eigenvalue weighted by atomic mass is 16.8. The van der Waals surface area contributed by atoms with Crippen molar-refractivity contribution < 1.29 is 23.8 Å². The lowest BCUT2D eigenvalue weighted by Crippen LogP contribution is -2.53. The van der Waals surface area contributed by atoms with Gasteiger partial charge in [-0.25, -0.2) is 0 Å². The van der Waals surface area contributed by atoms with E-state index in [9.17, 15) is 9.59 Å². The monoisotopic (exact) mass is 241 g/mol. The molecule has 2 aliphatic rings. The summed E-state index contributed by atoms with van der Waals surface area (Å²) in [5.41, 5.74) is 8.39. The summed E-state index contributed by atoms with van der Waals surface area (Å²) in [6.07, 6.45) is -2.08. The summed E-state index contributed by atoms with van der Waals surface area (Å²) in [5, 5.41) is 3.33. The first kappa shape index (κ1) is 11.8. The quantitative estimate of drug-likeness (QED) is 0.227. The van der Waals surface area contributed by atoms with Gasteiger partial charge in [0.1, 0.15) is 12.2 Å². The van der Waals surface area contributed by atoms with E-state index in [0.717, 1.165) is 0 Å². The van der Waals surface area contributed by atoms with E-state index in [0.29, 0.717) is 6.29 Å². The second-order valence-corrected chi connectivity index (χ2v) is 4.25. The average molecular weight is 241 g/mol. The van der Waals surface area contributed by atoms with Crippen LogP contribution in [0.5, 0.6) is 0 Å². The van der Waals surface area contributed by atoms with Gasteiger partial charge in [0.05, 0.1) is 0 Å². The van der Waals surface area contributed by atoms with E-state index in [2.05, 4.69) is 10.0 Å². The number of cyclic esters (lactones) is 1. The third-order valence-electron chi connectivity index (χ3n) is 2.60. The molecular formula is C9H11N3O5. The van der Waals surface area contributed by atoms with E-state index in [1.54, 1.807) is 13.8 Å². The van der Waals surface area contributed by atoms with Gasteiger partial charge in [-0.2, -0.15) is 0 Å². The largest absolute Gasteiger partial charge is 0.451 e. The van der Waals surface area contributed by atoms with Crippen LogP contribution in [0.4, 0.5) is 0 Å². The molecule has 0 aromatic heterocycles. The fraction of sp³-hybridized carbons (Fsp3) is 0.778. The number of nitrogens with zero attached hydrogens (tertiary/aromatic N) is 3. The minimum Gasteiger partial charge on any atom is -0.451 e. The van der Waals surface area contributed by atoms with Gasteiger partial charge in [0.15, 0.2) is 24.2 Å². The smallest absolute Gasteiger partial charge is 0.318 e. The average Bonchev–Trinajstić information content (AvgIpc) is 2.57. The number of fused-ring (bicyclic) bond motifs is 1. The SMILES string of the molecule is CC1(C)O[C@@H]2[C@H](O1)[C@H](N=[N+]=[N-])C(=O)O[C@@H]2C=O. The van der Waals surface area contributed by atoms with E-state index >= 15 is 0 Å². The summed E-state index contributed by atoms with van der Waals surface area (Å²) >= 11 is 0. The Morgan fingerprint density at radius 1 is 1.41 bits per heavy atom. The summed E-state index contributed by atoms with van der Waals surface area (Å²) in [7, 11) is 0. The first-order chi connectivity index (χ1) is 7.98. The van der Waals surface area contributed by atoms with Crippen molar-refractivity contribution in [2.45, 2.75) is 44.0 Å². The molecule has 0 spiro atoms. The molecule has 0 radical (unpaired) electrons. The Hall–Kier alpha value is -1.63. The van der Waals surface area contributed by atoms with E-state index in [1.165, 1.54) is 0 Å². The maximum Gasteiger partial charge on any atom is 0.318 e. The number of hydrogen-bond acceptors (Lipinski definition) is 6. The van der Waals surface area contributed by atoms with E-state index in [4.69, 9.17) is 19.7 Å². The lowest BCUT2D eigenvalue weighted by Gasteiger charge is -2.30. The standard InChI is InChI=1S/C9H11N3O5/c1-9(2)16-6-4(3-13)15-8(14)5(11-12-10)7(6)17-9/h3-7H,1-2H3/t4-,5+,6+,7-/m1/s1. The highest BCUT2D eigenvalue weighted by Crippen LogP contribution is 2.36. The Kier molecular flexibility index (Phi) is 2.78. The number of carbonyl (C=O) groups excluding carboxylic acids is 2. The number of esters is 1. The fourth-order valence-corrected chi connectivity index (χ4v) is 1.99. The molecule has 0 aromatic carbocycles. The van der Waals surface area contributed by atoms with Gasteiger partial charge in [-0.3, -0.25) is 9.59 Å². The van der Waals surface area contributed by atoms with Crippen LogP contribution in [0, 0.1) is 0 Å². The number of aldehydes is 1. The summed E-state index contributed by atoms with van der Waals surface area (Å²) in [6, 6.07) is -1.12. The van der Waals surface area contributed by atoms with Crippen LogP contribution in [0.15, 0.2) is 5.11 Å². The molecule has 0 aliphatic carbocycles. The Morgan fingerprint density at radius 2 is 2.06 bits per heavy atom. The summed E-state index contributed by atoms with van der Waals surface area (Å²) in [4.78, 5) is 24.9. The Labute approximate surface area is 96.4 Å². The molecular weight excluding hydrogens is 230 g/mol. The van der Waals surface area contributed by atoms with Crippen molar-refractivity contribution >= 4 is 12.3 Å². The molecule has 4 atom stereocenters. The van der Waals surface area contributed by atoms with Gasteiger partial charge in [-0.15, -0.1) is 0 Å². The molecule has 0 bridgehead atoms. The Morgan fingerprint density at radius 3 is 2.65 bits per heavy atom. The fourth-order valence-electron chi connectivity index (χ4n) is 1.99. The molecule has 2 fully saturated rings. The zero-order valence-corrected chi connectivity index (χ0v) is 9.27. The molecule has 0 saturated carbocycles. The minimum absolute atomic E-state index is 0.479. The maximum absolute atomic E-state index is 11.5. The molecule has 8 nitrogen and oxygen atoms in total. The van der Waals surface area contributed by atoms with Crippen molar-refractivity contribution in [3.8, 4) is 0 Å². The molecule has 0 unspecified atom stereocenters. The van der Waals surface area contributed by atoms with Crippen LogP contribution in [0.25, 0.3) is 10.4 Å². The molecule has 92 valence electrons. The van der Waals surface area contributed by atoms with Gasteiger partial charge in [0.2, 0.25) is 0 Å². The van der Waals surface area contributed by atoms with Gasteiger partial charge >= 0.3 is 5.97 Å². The molecule has 2 aliphatic heterocycles.